The van der Waals surface area contributed by atoms with Gasteiger partial charge in [-0.05, 0) is 37.5 Å². The molecular formula is C24H24N8O3. The zero-order valence-electron chi connectivity index (χ0n) is 19.4. The van der Waals surface area contributed by atoms with Gasteiger partial charge in [0.25, 0.3) is 0 Å². The molecule has 6 rings (SSSR count). The van der Waals surface area contributed by atoms with Crippen LogP contribution in [0.25, 0.3) is 44.7 Å². The zero-order valence-corrected chi connectivity index (χ0v) is 19.4. The third-order valence-electron chi connectivity index (χ3n) is 6.33. The van der Waals surface area contributed by atoms with E-state index in [0.29, 0.717) is 40.3 Å². The lowest BCUT2D eigenvalue weighted by Crippen LogP contribution is -2.25. The van der Waals surface area contributed by atoms with Gasteiger partial charge in [-0.3, -0.25) is 4.57 Å². The maximum absolute atomic E-state index is 13.3. The van der Waals surface area contributed by atoms with E-state index in [4.69, 9.17) is 9.15 Å². The Labute approximate surface area is 199 Å². The normalized spacial score (nSPS) is 15.9. The van der Waals surface area contributed by atoms with Crippen molar-refractivity contribution in [2.45, 2.75) is 31.9 Å². The van der Waals surface area contributed by atoms with Crippen LogP contribution in [0, 0.1) is 0 Å². The van der Waals surface area contributed by atoms with Gasteiger partial charge in [0.2, 0.25) is 5.71 Å². The standard InChI is InChI=1S/C24H24N8O3/c1-25-19-6-5-14(11-26-19)20-22-21(32(24(33)29-20)8-7-16-4-3-9-34-16)17-10-15(12-27-23(17)35-22)18-13-28-31(2)30-18/h5-6,10-13,16H,3-4,7-9H2,1-2H3,(H,25,26). The van der Waals surface area contributed by atoms with E-state index in [0.717, 1.165) is 42.6 Å². The molecule has 5 aromatic rings. The Morgan fingerprint density at radius 2 is 2.06 bits per heavy atom. The first-order chi connectivity index (χ1) is 17.1. The Kier molecular flexibility index (Phi) is 5.25. The van der Waals surface area contributed by atoms with E-state index in [1.54, 1.807) is 37.3 Å². The molecule has 0 aromatic carbocycles. The number of hydrogen-bond acceptors (Lipinski definition) is 9. The molecule has 0 radical (unpaired) electrons. The lowest BCUT2D eigenvalue weighted by Gasteiger charge is -2.12. The summed E-state index contributed by atoms with van der Waals surface area (Å²) in [4.78, 5) is 28.2. The van der Waals surface area contributed by atoms with Crippen molar-refractivity contribution < 1.29 is 9.15 Å². The molecule has 1 aliphatic heterocycles. The molecule has 0 aliphatic carbocycles. The molecular weight excluding hydrogens is 448 g/mol. The second kappa shape index (κ2) is 8.58. The topological polar surface area (TPSA) is 126 Å². The van der Waals surface area contributed by atoms with Gasteiger partial charge < -0.3 is 14.5 Å². The van der Waals surface area contributed by atoms with Gasteiger partial charge in [0.1, 0.15) is 22.7 Å². The molecule has 11 heteroatoms. The van der Waals surface area contributed by atoms with E-state index in [1.165, 1.54) is 4.80 Å². The van der Waals surface area contributed by atoms with E-state index < -0.39 is 0 Å². The molecule has 6 heterocycles. The second-order valence-corrected chi connectivity index (χ2v) is 8.58. The highest BCUT2D eigenvalue weighted by atomic mass is 16.5. The molecule has 1 N–H and O–H groups in total. The van der Waals surface area contributed by atoms with E-state index >= 15 is 0 Å². The summed E-state index contributed by atoms with van der Waals surface area (Å²) >= 11 is 0. The number of aryl methyl sites for hydroxylation is 2. The van der Waals surface area contributed by atoms with Crippen molar-refractivity contribution in [2.75, 3.05) is 19.0 Å². The Hall–Kier alpha value is -4.12. The number of aromatic nitrogens is 7. The maximum Gasteiger partial charge on any atom is 0.348 e. The van der Waals surface area contributed by atoms with E-state index in [1.807, 2.05) is 18.2 Å². The smallest absolute Gasteiger partial charge is 0.348 e. The highest BCUT2D eigenvalue weighted by Gasteiger charge is 2.23. The number of fused-ring (bicyclic) bond motifs is 3. The monoisotopic (exact) mass is 472 g/mol. The maximum atomic E-state index is 13.3. The Bertz CT molecular complexity index is 1580. The number of hydrogen-bond donors (Lipinski definition) is 1. The van der Waals surface area contributed by atoms with Gasteiger partial charge in [-0.2, -0.15) is 20.0 Å². The fraction of sp³-hybridized carbons (Fsp3) is 0.333. The van der Waals surface area contributed by atoms with Crippen molar-refractivity contribution >= 4 is 28.0 Å². The lowest BCUT2D eigenvalue weighted by atomic mass is 10.1. The molecule has 1 aliphatic rings. The molecule has 1 atom stereocenters. The molecule has 11 nitrogen and oxygen atoms in total. The van der Waals surface area contributed by atoms with Crippen molar-refractivity contribution in [3.8, 4) is 22.5 Å². The lowest BCUT2D eigenvalue weighted by molar-refractivity contribution is 0.100. The summed E-state index contributed by atoms with van der Waals surface area (Å²) in [6.45, 7) is 1.23. The SMILES string of the molecule is CNc1ccc(-c2nc(=O)n(CCC3CCCO3)c3c2oc2ncc(-c4cnn(C)n4)cc23)cn1. The first kappa shape index (κ1) is 21.4. The highest BCUT2D eigenvalue weighted by molar-refractivity contribution is 6.06. The van der Waals surface area contributed by atoms with Crippen LogP contribution in [-0.4, -0.2) is 54.3 Å². The van der Waals surface area contributed by atoms with Gasteiger partial charge in [-0.1, -0.05) is 0 Å². The van der Waals surface area contributed by atoms with Crippen molar-refractivity contribution in [3.63, 3.8) is 0 Å². The van der Waals surface area contributed by atoms with E-state index in [2.05, 4.69) is 30.5 Å². The minimum Gasteiger partial charge on any atom is -0.434 e. The molecule has 1 fully saturated rings. The summed E-state index contributed by atoms with van der Waals surface area (Å²) in [6.07, 6.45) is 7.95. The number of anilines is 1. The van der Waals surface area contributed by atoms with Crippen LogP contribution in [-0.2, 0) is 18.3 Å². The van der Waals surface area contributed by atoms with Crippen molar-refractivity contribution in [1.82, 2.24) is 34.5 Å². The Morgan fingerprint density at radius 3 is 2.77 bits per heavy atom. The Morgan fingerprint density at radius 1 is 1.17 bits per heavy atom. The summed E-state index contributed by atoms with van der Waals surface area (Å²) in [6, 6.07) is 5.63. The van der Waals surface area contributed by atoms with Crippen LogP contribution in [0.5, 0.6) is 0 Å². The molecule has 0 bridgehead atoms. The summed E-state index contributed by atoms with van der Waals surface area (Å²) in [5, 5.41) is 12.3. The molecule has 1 saturated heterocycles. The van der Waals surface area contributed by atoms with Crippen LogP contribution < -0.4 is 11.0 Å². The molecule has 0 amide bonds. The average molecular weight is 473 g/mol. The average Bonchev–Trinajstić information content (AvgIpc) is 3.63. The van der Waals surface area contributed by atoms with Gasteiger partial charge in [0.05, 0.1) is 17.7 Å². The molecule has 1 unspecified atom stereocenters. The summed E-state index contributed by atoms with van der Waals surface area (Å²) < 4.78 is 13.7. The van der Waals surface area contributed by atoms with Crippen LogP contribution >= 0.6 is 0 Å². The first-order valence-electron chi connectivity index (χ1n) is 11.6. The van der Waals surface area contributed by atoms with Crippen LogP contribution in [0.15, 0.2) is 46.0 Å². The highest BCUT2D eigenvalue weighted by Crippen LogP contribution is 2.34. The Balaban J connectivity index is 1.56. The fourth-order valence-electron chi connectivity index (χ4n) is 4.55. The molecule has 178 valence electrons. The van der Waals surface area contributed by atoms with Gasteiger partial charge in [0.15, 0.2) is 5.58 Å². The summed E-state index contributed by atoms with van der Waals surface area (Å²) in [5.74, 6) is 0.717. The molecule has 5 aromatic heterocycles. The number of ether oxygens (including phenoxy) is 1. The van der Waals surface area contributed by atoms with Gasteiger partial charge in [0, 0.05) is 50.8 Å². The van der Waals surface area contributed by atoms with Gasteiger partial charge in [-0.25, -0.2) is 14.8 Å². The van der Waals surface area contributed by atoms with Crippen molar-refractivity contribution in [3.05, 3.63) is 47.3 Å². The minimum absolute atomic E-state index is 0.140. The third-order valence-corrected chi connectivity index (χ3v) is 6.33. The van der Waals surface area contributed by atoms with Crippen LogP contribution in [0.4, 0.5) is 5.82 Å². The predicted molar refractivity (Wildman–Crippen MR) is 130 cm³/mol. The predicted octanol–water partition coefficient (Wildman–Crippen LogP) is 3.01. The summed E-state index contributed by atoms with van der Waals surface area (Å²) in [7, 11) is 3.56. The van der Waals surface area contributed by atoms with Crippen LogP contribution in [0.1, 0.15) is 19.3 Å². The summed E-state index contributed by atoms with van der Waals surface area (Å²) in [5.41, 5.74) is 3.81. The van der Waals surface area contributed by atoms with E-state index in [-0.39, 0.29) is 11.8 Å². The zero-order chi connectivity index (χ0) is 23.9. The molecule has 0 saturated carbocycles. The van der Waals surface area contributed by atoms with Crippen molar-refractivity contribution in [2.24, 2.45) is 7.05 Å². The third kappa shape index (κ3) is 3.83. The van der Waals surface area contributed by atoms with Gasteiger partial charge >= 0.3 is 5.69 Å². The van der Waals surface area contributed by atoms with Crippen molar-refractivity contribution in [1.29, 1.82) is 0 Å². The number of nitrogens with zero attached hydrogens (tertiary/aromatic N) is 7. The number of nitrogens with one attached hydrogen (secondary N) is 1. The quantitative estimate of drug-likeness (QED) is 0.397. The van der Waals surface area contributed by atoms with Crippen LogP contribution in [0.2, 0.25) is 0 Å². The molecule has 0 spiro atoms. The fourth-order valence-corrected chi connectivity index (χ4v) is 4.55. The largest absolute Gasteiger partial charge is 0.434 e. The van der Waals surface area contributed by atoms with Gasteiger partial charge in [-0.15, -0.1) is 0 Å². The van der Waals surface area contributed by atoms with E-state index in [9.17, 15) is 4.79 Å². The number of pyridine rings is 2. The minimum atomic E-state index is -0.351. The first-order valence-corrected chi connectivity index (χ1v) is 11.6. The number of furan rings is 1. The van der Waals surface area contributed by atoms with Crippen LogP contribution in [0.3, 0.4) is 0 Å². The molecule has 35 heavy (non-hydrogen) atoms. The number of rotatable bonds is 6. The second-order valence-electron chi connectivity index (χ2n) is 8.58.